The Bertz CT molecular complexity index is 575. The van der Waals surface area contributed by atoms with Crippen molar-refractivity contribution in [3.05, 3.63) is 39.8 Å². The van der Waals surface area contributed by atoms with E-state index in [1.807, 2.05) is 0 Å². The van der Waals surface area contributed by atoms with Crippen molar-refractivity contribution in [2.75, 3.05) is 5.32 Å². The minimum Gasteiger partial charge on any atom is -0.479 e. The molecule has 0 saturated heterocycles. The Morgan fingerprint density at radius 3 is 2.89 bits per heavy atom. The molecule has 1 heterocycles. The lowest BCUT2D eigenvalue weighted by Crippen LogP contribution is -2.30. The Morgan fingerprint density at radius 1 is 1.47 bits per heavy atom. The second-order valence-corrected chi connectivity index (χ2v) is 5.40. The first-order valence-corrected chi connectivity index (χ1v) is 7.02. The molecule has 0 saturated carbocycles. The van der Waals surface area contributed by atoms with Crippen LogP contribution in [0.15, 0.2) is 29.8 Å². The summed E-state index contributed by atoms with van der Waals surface area (Å²) in [5, 5.41) is 5.83. The van der Waals surface area contributed by atoms with Crippen molar-refractivity contribution in [3.8, 4) is 5.75 Å². The van der Waals surface area contributed by atoms with Gasteiger partial charge in [-0.1, -0.05) is 23.2 Å². The fourth-order valence-electron chi connectivity index (χ4n) is 1.31. The molecule has 4 nitrogen and oxygen atoms in total. The molecule has 0 fully saturated rings. The third kappa shape index (κ3) is 3.83. The molecule has 7 heteroatoms. The number of benzene rings is 1. The molecule has 1 amide bonds. The van der Waals surface area contributed by atoms with Gasteiger partial charge >= 0.3 is 0 Å². The third-order valence-electron chi connectivity index (χ3n) is 2.23. The second-order valence-electron chi connectivity index (χ2n) is 3.66. The monoisotopic (exact) mass is 316 g/mol. The van der Waals surface area contributed by atoms with Crippen LogP contribution >= 0.6 is 34.5 Å². The molecule has 0 spiro atoms. The predicted octanol–water partition coefficient (Wildman–Crippen LogP) is 3.86. The van der Waals surface area contributed by atoms with Crippen molar-refractivity contribution in [2.45, 2.75) is 13.0 Å². The summed E-state index contributed by atoms with van der Waals surface area (Å²) in [4.78, 5) is 15.8. The molecular formula is C12H10Cl2N2O2S. The number of hydrogen-bond acceptors (Lipinski definition) is 4. The van der Waals surface area contributed by atoms with Crippen LogP contribution in [0.2, 0.25) is 10.0 Å². The highest BCUT2D eigenvalue weighted by atomic mass is 35.5. The van der Waals surface area contributed by atoms with Gasteiger partial charge < -0.3 is 4.74 Å². The number of thiazole rings is 1. The van der Waals surface area contributed by atoms with Crippen molar-refractivity contribution in [3.63, 3.8) is 0 Å². The molecule has 0 aliphatic carbocycles. The largest absolute Gasteiger partial charge is 0.479 e. The molecule has 0 bridgehead atoms. The lowest BCUT2D eigenvalue weighted by atomic mass is 10.3. The molecule has 0 unspecified atom stereocenters. The van der Waals surface area contributed by atoms with Crippen LogP contribution in [0.3, 0.4) is 0 Å². The first-order valence-electron chi connectivity index (χ1n) is 5.38. The number of carbonyl (C=O) groups is 1. The Morgan fingerprint density at radius 2 is 2.26 bits per heavy atom. The van der Waals surface area contributed by atoms with Gasteiger partial charge in [0.05, 0.1) is 5.02 Å². The molecule has 1 N–H and O–H groups in total. The van der Waals surface area contributed by atoms with Crippen molar-refractivity contribution in [2.24, 2.45) is 0 Å². The zero-order chi connectivity index (χ0) is 13.8. The van der Waals surface area contributed by atoms with Gasteiger partial charge in [0.2, 0.25) is 0 Å². The molecule has 0 aliphatic rings. The van der Waals surface area contributed by atoms with Crippen LogP contribution in [-0.4, -0.2) is 17.0 Å². The SMILES string of the molecule is C[C@@H](Oc1ccc(Cl)cc1Cl)C(=O)Nc1nccs1. The predicted molar refractivity (Wildman–Crippen MR) is 77.3 cm³/mol. The number of rotatable bonds is 4. The summed E-state index contributed by atoms with van der Waals surface area (Å²) in [6, 6.07) is 4.83. The smallest absolute Gasteiger partial charge is 0.266 e. The summed E-state index contributed by atoms with van der Waals surface area (Å²) in [5.41, 5.74) is 0. The highest BCUT2D eigenvalue weighted by Crippen LogP contribution is 2.28. The van der Waals surface area contributed by atoms with Crippen molar-refractivity contribution < 1.29 is 9.53 Å². The summed E-state index contributed by atoms with van der Waals surface area (Å²) >= 11 is 13.1. The van der Waals surface area contributed by atoms with Gasteiger partial charge in [0.25, 0.3) is 5.91 Å². The van der Waals surface area contributed by atoms with Gasteiger partial charge in [-0.25, -0.2) is 4.98 Å². The number of nitrogens with zero attached hydrogens (tertiary/aromatic N) is 1. The summed E-state index contributed by atoms with van der Waals surface area (Å²) in [6.45, 7) is 1.63. The van der Waals surface area contributed by atoms with E-state index in [0.717, 1.165) is 0 Å². The number of ether oxygens (including phenoxy) is 1. The number of nitrogens with one attached hydrogen (secondary N) is 1. The highest BCUT2D eigenvalue weighted by molar-refractivity contribution is 7.13. The van der Waals surface area contributed by atoms with Gasteiger partial charge in [0.1, 0.15) is 5.75 Å². The van der Waals surface area contributed by atoms with E-state index in [4.69, 9.17) is 27.9 Å². The van der Waals surface area contributed by atoms with Crippen LogP contribution in [0.4, 0.5) is 5.13 Å². The van der Waals surface area contributed by atoms with E-state index in [2.05, 4.69) is 10.3 Å². The van der Waals surface area contributed by atoms with E-state index in [9.17, 15) is 4.79 Å². The van der Waals surface area contributed by atoms with Gasteiger partial charge in [0.15, 0.2) is 11.2 Å². The summed E-state index contributed by atoms with van der Waals surface area (Å²) in [6.07, 6.45) is 0.921. The van der Waals surface area contributed by atoms with Crippen LogP contribution in [0, 0.1) is 0 Å². The summed E-state index contributed by atoms with van der Waals surface area (Å²) < 4.78 is 5.48. The van der Waals surface area contributed by atoms with E-state index >= 15 is 0 Å². The number of aromatic nitrogens is 1. The Kier molecular flexibility index (Phi) is 4.63. The molecule has 100 valence electrons. The first kappa shape index (κ1) is 14.1. The quantitative estimate of drug-likeness (QED) is 0.931. The molecule has 0 aliphatic heterocycles. The fourth-order valence-corrected chi connectivity index (χ4v) is 2.29. The molecule has 19 heavy (non-hydrogen) atoms. The van der Waals surface area contributed by atoms with Gasteiger partial charge in [-0.15, -0.1) is 11.3 Å². The van der Waals surface area contributed by atoms with E-state index < -0.39 is 6.10 Å². The molecule has 1 aromatic heterocycles. The molecular weight excluding hydrogens is 307 g/mol. The number of anilines is 1. The number of carbonyl (C=O) groups excluding carboxylic acids is 1. The maximum absolute atomic E-state index is 11.9. The van der Waals surface area contributed by atoms with Crippen LogP contribution in [0.25, 0.3) is 0 Å². The first-order chi connectivity index (χ1) is 9.06. The van der Waals surface area contributed by atoms with Gasteiger partial charge in [-0.05, 0) is 25.1 Å². The van der Waals surface area contributed by atoms with Crippen molar-refractivity contribution in [1.82, 2.24) is 4.98 Å². The van der Waals surface area contributed by atoms with E-state index in [-0.39, 0.29) is 5.91 Å². The lowest BCUT2D eigenvalue weighted by molar-refractivity contribution is -0.122. The maximum Gasteiger partial charge on any atom is 0.266 e. The zero-order valence-corrected chi connectivity index (χ0v) is 12.2. The van der Waals surface area contributed by atoms with Gasteiger partial charge in [-0.2, -0.15) is 0 Å². The molecule has 1 atom stereocenters. The Balaban J connectivity index is 2.00. The van der Waals surface area contributed by atoms with E-state index in [1.54, 1.807) is 36.7 Å². The third-order valence-corrected chi connectivity index (χ3v) is 3.45. The zero-order valence-electron chi connectivity index (χ0n) is 9.89. The maximum atomic E-state index is 11.9. The minimum atomic E-state index is -0.692. The lowest BCUT2D eigenvalue weighted by Gasteiger charge is -2.14. The van der Waals surface area contributed by atoms with Crippen LogP contribution in [0.1, 0.15) is 6.92 Å². The average Bonchev–Trinajstić information content (AvgIpc) is 2.85. The standard InChI is InChI=1S/C12H10Cl2N2O2S/c1-7(11(17)16-12-15-4-5-19-12)18-10-3-2-8(13)6-9(10)14/h2-7H,1H3,(H,15,16,17)/t7-/m1/s1. The Labute approximate surface area is 124 Å². The minimum absolute atomic E-state index is 0.291. The van der Waals surface area contributed by atoms with Crippen LogP contribution < -0.4 is 10.1 Å². The summed E-state index contributed by atoms with van der Waals surface area (Å²) in [5.74, 6) is 0.119. The number of hydrogen-bond donors (Lipinski definition) is 1. The van der Waals surface area contributed by atoms with Crippen LogP contribution in [0.5, 0.6) is 5.75 Å². The molecule has 1 aromatic carbocycles. The molecule has 2 rings (SSSR count). The number of amides is 1. The topological polar surface area (TPSA) is 51.2 Å². The average molecular weight is 317 g/mol. The molecule has 2 aromatic rings. The van der Waals surface area contributed by atoms with Crippen molar-refractivity contribution in [1.29, 1.82) is 0 Å². The normalized spacial score (nSPS) is 11.9. The highest BCUT2D eigenvalue weighted by Gasteiger charge is 2.17. The molecule has 0 radical (unpaired) electrons. The van der Waals surface area contributed by atoms with Gasteiger partial charge in [-0.3, -0.25) is 10.1 Å². The van der Waals surface area contributed by atoms with E-state index in [0.29, 0.717) is 20.9 Å². The fraction of sp³-hybridized carbons (Fsp3) is 0.167. The summed E-state index contributed by atoms with van der Waals surface area (Å²) in [7, 11) is 0. The van der Waals surface area contributed by atoms with Crippen molar-refractivity contribution >= 4 is 45.6 Å². The second kappa shape index (κ2) is 6.23. The van der Waals surface area contributed by atoms with Gasteiger partial charge in [0, 0.05) is 16.6 Å². The van der Waals surface area contributed by atoms with Crippen LogP contribution in [-0.2, 0) is 4.79 Å². The van der Waals surface area contributed by atoms with E-state index in [1.165, 1.54) is 11.3 Å². The number of halogens is 2. The Hall–Kier alpha value is -1.30.